The smallest absolute Gasteiger partial charge is 0.137 e. The van der Waals surface area contributed by atoms with Crippen molar-refractivity contribution in [1.82, 2.24) is 14.0 Å². The van der Waals surface area contributed by atoms with E-state index in [0.717, 1.165) is 39.7 Å². The van der Waals surface area contributed by atoms with Crippen molar-refractivity contribution in [2.75, 3.05) is 4.90 Å². The number of benzene rings is 5. The molecule has 0 fully saturated rings. The van der Waals surface area contributed by atoms with E-state index >= 15 is 0 Å². The van der Waals surface area contributed by atoms with Crippen LogP contribution in [0.1, 0.15) is 26.3 Å². The lowest BCUT2D eigenvalue weighted by atomic mass is 9.86. The molecule has 0 aliphatic carbocycles. The van der Waals surface area contributed by atoms with Crippen LogP contribution < -0.4 is 4.90 Å². The average Bonchev–Trinajstić information content (AvgIpc) is 3.65. The van der Waals surface area contributed by atoms with E-state index in [0.29, 0.717) is 0 Å². The fraction of sp³-hybridized carbons (Fsp3) is 0.0976. The van der Waals surface area contributed by atoms with Crippen molar-refractivity contribution >= 4 is 44.5 Å². The molecule has 0 aliphatic heterocycles. The van der Waals surface area contributed by atoms with Gasteiger partial charge < -0.3 is 13.9 Å². The van der Waals surface area contributed by atoms with Gasteiger partial charge >= 0.3 is 0 Å². The van der Waals surface area contributed by atoms with E-state index in [1.807, 2.05) is 24.4 Å². The second kappa shape index (κ2) is 10.5. The minimum Gasteiger partial charge on any atom is -0.311 e. The molecule has 3 heterocycles. The van der Waals surface area contributed by atoms with Crippen LogP contribution in [0.25, 0.3) is 44.4 Å². The molecule has 0 spiro atoms. The highest BCUT2D eigenvalue weighted by Crippen LogP contribution is 2.38. The molecule has 8 aromatic rings. The van der Waals surface area contributed by atoms with Crippen LogP contribution in [0.5, 0.6) is 0 Å². The number of hydrogen-bond acceptors (Lipinski definition) is 2. The summed E-state index contributed by atoms with van der Waals surface area (Å²) in [6.07, 6.45) is 4.11. The van der Waals surface area contributed by atoms with Gasteiger partial charge in [-0.15, -0.1) is 0 Å². The van der Waals surface area contributed by atoms with Gasteiger partial charge in [-0.3, -0.25) is 0 Å². The molecule has 218 valence electrons. The Morgan fingerprint density at radius 2 is 1.22 bits per heavy atom. The highest BCUT2D eigenvalue weighted by Gasteiger charge is 2.19. The van der Waals surface area contributed by atoms with Gasteiger partial charge in [-0.2, -0.15) is 0 Å². The van der Waals surface area contributed by atoms with E-state index in [-0.39, 0.29) is 5.41 Å². The summed E-state index contributed by atoms with van der Waals surface area (Å²) in [5.74, 6) is 0. The molecule has 0 aliphatic rings. The van der Waals surface area contributed by atoms with Crippen LogP contribution in [0, 0.1) is 0 Å². The van der Waals surface area contributed by atoms with Crippen LogP contribution in [0.15, 0.2) is 152 Å². The van der Waals surface area contributed by atoms with E-state index in [9.17, 15) is 0 Å². The fourth-order valence-electron chi connectivity index (χ4n) is 6.35. The monoisotopic (exact) mass is 582 g/mol. The number of nitrogens with zero attached hydrogens (tertiary/aromatic N) is 4. The molecular weight excluding hydrogens is 548 g/mol. The number of imidazole rings is 1. The van der Waals surface area contributed by atoms with Crippen molar-refractivity contribution in [1.29, 1.82) is 0 Å². The Hall–Kier alpha value is -5.61. The first kappa shape index (κ1) is 27.0. The summed E-state index contributed by atoms with van der Waals surface area (Å²) < 4.78 is 4.44. The van der Waals surface area contributed by atoms with Crippen molar-refractivity contribution < 1.29 is 0 Å². The molecule has 8 rings (SSSR count). The maximum Gasteiger partial charge on any atom is 0.137 e. The van der Waals surface area contributed by atoms with Crippen LogP contribution in [0.2, 0.25) is 0 Å². The summed E-state index contributed by atoms with van der Waals surface area (Å²) in [5, 5.41) is 2.57. The van der Waals surface area contributed by atoms with Crippen molar-refractivity contribution in [2.24, 2.45) is 0 Å². The lowest BCUT2D eigenvalue weighted by molar-refractivity contribution is 0.591. The Morgan fingerprint density at radius 1 is 0.578 bits per heavy atom. The number of pyridine rings is 1. The highest BCUT2D eigenvalue weighted by atomic mass is 15.1. The van der Waals surface area contributed by atoms with Crippen LogP contribution in [0.3, 0.4) is 0 Å². The Morgan fingerprint density at radius 3 is 1.96 bits per heavy atom. The fourth-order valence-corrected chi connectivity index (χ4v) is 6.35. The standard InChI is InChI=1S/C41H34N4/c1-41(2,3)30-18-25-39-36(27-30)35-13-7-8-14-38(35)45(39)34-23-21-33(22-24-34)44(31-11-5-4-6-12-31)32-19-16-29(17-20-32)37-28-43-26-10-9-15-40(43)42-37/h4-28H,1-3H3. The summed E-state index contributed by atoms with van der Waals surface area (Å²) in [7, 11) is 0. The second-order valence-electron chi connectivity index (χ2n) is 12.7. The molecule has 0 bridgehead atoms. The maximum absolute atomic E-state index is 4.81. The molecule has 0 saturated carbocycles. The summed E-state index contributed by atoms with van der Waals surface area (Å²) in [6.45, 7) is 6.83. The average molecular weight is 583 g/mol. The summed E-state index contributed by atoms with van der Waals surface area (Å²) in [4.78, 5) is 7.12. The second-order valence-corrected chi connectivity index (χ2v) is 12.7. The van der Waals surface area contributed by atoms with Crippen LogP contribution >= 0.6 is 0 Å². The lowest BCUT2D eigenvalue weighted by Crippen LogP contribution is -2.10. The first-order chi connectivity index (χ1) is 21.9. The first-order valence-electron chi connectivity index (χ1n) is 15.5. The zero-order chi connectivity index (χ0) is 30.5. The van der Waals surface area contributed by atoms with Gasteiger partial charge in [0, 0.05) is 51.5 Å². The lowest BCUT2D eigenvalue weighted by Gasteiger charge is -2.26. The SMILES string of the molecule is CC(C)(C)c1ccc2c(c1)c1ccccc1n2-c1ccc(N(c2ccccc2)c2ccc(-c3cn4ccccc4n3)cc2)cc1. The summed E-state index contributed by atoms with van der Waals surface area (Å²) >= 11 is 0. The largest absolute Gasteiger partial charge is 0.311 e. The molecule has 0 unspecified atom stereocenters. The molecular formula is C41H34N4. The van der Waals surface area contributed by atoms with Gasteiger partial charge in [0.25, 0.3) is 0 Å². The first-order valence-corrected chi connectivity index (χ1v) is 15.5. The van der Waals surface area contributed by atoms with Gasteiger partial charge in [0.15, 0.2) is 0 Å². The van der Waals surface area contributed by atoms with Crippen LogP contribution in [-0.4, -0.2) is 14.0 Å². The normalized spacial score (nSPS) is 11.9. The number of fused-ring (bicyclic) bond motifs is 4. The number of para-hydroxylation sites is 2. The third-order valence-electron chi connectivity index (χ3n) is 8.70. The Labute approximate surface area is 263 Å². The van der Waals surface area contributed by atoms with E-state index in [4.69, 9.17) is 4.98 Å². The summed E-state index contributed by atoms with van der Waals surface area (Å²) in [6, 6.07) is 49.9. The number of rotatable bonds is 5. The zero-order valence-corrected chi connectivity index (χ0v) is 25.7. The maximum atomic E-state index is 4.81. The van der Waals surface area contributed by atoms with Crippen molar-refractivity contribution in [3.8, 4) is 16.9 Å². The Kier molecular flexibility index (Phi) is 6.31. The number of hydrogen-bond donors (Lipinski definition) is 0. The van der Waals surface area contributed by atoms with E-state index in [1.165, 1.54) is 27.4 Å². The van der Waals surface area contributed by atoms with Crippen molar-refractivity contribution in [3.63, 3.8) is 0 Å². The molecule has 0 N–H and O–H groups in total. The van der Waals surface area contributed by atoms with Gasteiger partial charge in [0.2, 0.25) is 0 Å². The van der Waals surface area contributed by atoms with Crippen LogP contribution in [0.4, 0.5) is 17.1 Å². The predicted molar refractivity (Wildman–Crippen MR) is 188 cm³/mol. The van der Waals surface area contributed by atoms with Gasteiger partial charge in [-0.05, 0) is 89.8 Å². The number of anilines is 3. The van der Waals surface area contributed by atoms with Gasteiger partial charge in [0.1, 0.15) is 5.65 Å². The molecule has 4 nitrogen and oxygen atoms in total. The molecule has 0 saturated heterocycles. The third-order valence-corrected chi connectivity index (χ3v) is 8.70. The minimum atomic E-state index is 0.0882. The highest BCUT2D eigenvalue weighted by molar-refractivity contribution is 6.09. The molecule has 3 aromatic heterocycles. The third kappa shape index (κ3) is 4.76. The van der Waals surface area contributed by atoms with E-state index < -0.39 is 0 Å². The van der Waals surface area contributed by atoms with Crippen molar-refractivity contribution in [2.45, 2.75) is 26.2 Å². The zero-order valence-electron chi connectivity index (χ0n) is 25.7. The Balaban J connectivity index is 1.20. The van der Waals surface area contributed by atoms with E-state index in [1.54, 1.807) is 0 Å². The van der Waals surface area contributed by atoms with Gasteiger partial charge in [-0.25, -0.2) is 4.98 Å². The van der Waals surface area contributed by atoms with Crippen LogP contribution in [-0.2, 0) is 5.41 Å². The topological polar surface area (TPSA) is 25.5 Å². The molecule has 5 aromatic carbocycles. The molecule has 0 atom stereocenters. The quantitative estimate of drug-likeness (QED) is 0.202. The van der Waals surface area contributed by atoms with Gasteiger partial charge in [0.05, 0.1) is 16.7 Å². The van der Waals surface area contributed by atoms with E-state index in [2.05, 4.69) is 162 Å². The molecule has 45 heavy (non-hydrogen) atoms. The molecule has 0 radical (unpaired) electrons. The number of aromatic nitrogens is 3. The minimum absolute atomic E-state index is 0.0882. The molecule has 0 amide bonds. The van der Waals surface area contributed by atoms with Crippen molar-refractivity contribution in [3.05, 3.63) is 157 Å². The predicted octanol–water partition coefficient (Wildman–Crippen LogP) is 10.9. The summed E-state index contributed by atoms with van der Waals surface area (Å²) in [5.41, 5.74) is 11.3. The molecule has 4 heteroatoms. The van der Waals surface area contributed by atoms with Gasteiger partial charge in [-0.1, -0.05) is 81.4 Å². The Bertz CT molecular complexity index is 2250.